The summed E-state index contributed by atoms with van der Waals surface area (Å²) in [5.41, 5.74) is 2.98. The average molecular weight is 1020 g/mol. The largest absolute Gasteiger partial charge is 0.397 e. The number of carbonyl (C=O) groups excluding carboxylic acids is 2. The standard InChI is InChI=1S/2C22H26ClN7O2S.C2H6O/c2*1-14-4-3-5-16(23)20(14)28-21(32)17-13-24-22(33-17)27-18-12-19(26-15(2)25-18)30-8-6-29(7-9-30)10-11-31;1-2-3/h2*3-5,12-13,31H,6-11H2,1-2H3,(H,28,32)(H,24,25,26,27);3H,2H2,1H3. The number of hydrogen-bond donors (Lipinski definition) is 7. The Kier molecular flexibility index (Phi) is 19.7. The third-order valence-corrected chi connectivity index (χ3v) is 13.2. The molecule has 6 aromatic rings. The van der Waals surface area contributed by atoms with Gasteiger partial charge in [0.25, 0.3) is 11.8 Å². The maximum Gasteiger partial charge on any atom is 0.267 e. The highest BCUT2D eigenvalue weighted by atomic mass is 35.5. The molecule has 2 amide bonds. The molecule has 2 aliphatic rings. The van der Waals surface area contributed by atoms with Gasteiger partial charge in [-0.25, -0.2) is 29.9 Å². The molecule has 0 aliphatic carbocycles. The first-order valence-corrected chi connectivity index (χ1v) is 24.7. The fourth-order valence-corrected chi connectivity index (χ4v) is 9.24. The number of anilines is 8. The van der Waals surface area contributed by atoms with E-state index in [0.717, 1.165) is 75.1 Å². The van der Waals surface area contributed by atoms with Gasteiger partial charge in [-0.15, -0.1) is 0 Å². The summed E-state index contributed by atoms with van der Waals surface area (Å²) in [6.45, 7) is 18.0. The van der Waals surface area contributed by atoms with Crippen molar-refractivity contribution in [2.24, 2.45) is 0 Å². The van der Waals surface area contributed by atoms with E-state index in [2.05, 4.69) is 70.8 Å². The Bertz CT molecular complexity index is 2420. The van der Waals surface area contributed by atoms with Gasteiger partial charge in [0.1, 0.15) is 44.7 Å². The van der Waals surface area contributed by atoms with E-state index in [9.17, 15) is 9.59 Å². The van der Waals surface area contributed by atoms with Crippen LogP contribution in [-0.4, -0.2) is 152 Å². The Morgan fingerprint density at radius 2 is 0.986 bits per heavy atom. The van der Waals surface area contributed by atoms with Gasteiger partial charge in [0.05, 0.1) is 47.0 Å². The lowest BCUT2D eigenvalue weighted by Crippen LogP contribution is -2.47. The SMILES string of the molecule is CCO.Cc1nc(Nc2ncc(C(=O)Nc3c(C)cccc3Cl)s2)cc(N2CCN(CCO)CC2)n1.Cc1nc(Nc2ncc(C(=O)Nc3c(C)cccc3Cl)s2)cc(N2CCN(CCO)CC2)n1. The zero-order valence-corrected chi connectivity index (χ0v) is 42.3. The summed E-state index contributed by atoms with van der Waals surface area (Å²) in [6.07, 6.45) is 3.06. The van der Waals surface area contributed by atoms with Crippen LogP contribution in [0.3, 0.4) is 0 Å². The molecule has 19 nitrogen and oxygen atoms in total. The number of nitrogens with one attached hydrogen (secondary N) is 4. The summed E-state index contributed by atoms with van der Waals surface area (Å²) in [6, 6.07) is 14.7. The molecule has 0 unspecified atom stereocenters. The minimum atomic E-state index is -0.267. The van der Waals surface area contributed by atoms with Crippen LogP contribution in [0.5, 0.6) is 0 Å². The van der Waals surface area contributed by atoms with E-state index in [0.29, 0.717) is 77.8 Å². The van der Waals surface area contributed by atoms with Crippen molar-refractivity contribution in [2.45, 2.75) is 34.6 Å². The molecule has 6 heterocycles. The first kappa shape index (κ1) is 52.7. The molecule has 0 atom stereocenters. The van der Waals surface area contributed by atoms with E-state index >= 15 is 0 Å². The number of amides is 2. The van der Waals surface area contributed by atoms with Gasteiger partial charge in [-0.1, -0.05) is 70.1 Å². The number of aryl methyl sites for hydroxylation is 4. The van der Waals surface area contributed by atoms with Crippen molar-refractivity contribution in [1.29, 1.82) is 0 Å². The fourth-order valence-electron chi connectivity index (χ4n) is 7.26. The zero-order chi connectivity index (χ0) is 49.5. The maximum atomic E-state index is 12.7. The summed E-state index contributed by atoms with van der Waals surface area (Å²) >= 11 is 14.9. The molecule has 0 radical (unpaired) electrons. The van der Waals surface area contributed by atoms with E-state index in [1.54, 1.807) is 19.1 Å². The van der Waals surface area contributed by atoms with Crippen molar-refractivity contribution in [2.75, 3.05) is 116 Å². The number of carbonyl (C=O) groups is 2. The Balaban J connectivity index is 0.000000215. The van der Waals surface area contributed by atoms with E-state index in [-0.39, 0.29) is 31.6 Å². The molecule has 7 N–H and O–H groups in total. The normalized spacial score (nSPS) is 14.0. The Labute approximate surface area is 419 Å². The van der Waals surface area contributed by atoms with Gasteiger partial charge in [-0.3, -0.25) is 19.4 Å². The summed E-state index contributed by atoms with van der Waals surface area (Å²) in [7, 11) is 0. The van der Waals surface area contributed by atoms with Gasteiger partial charge < -0.3 is 46.4 Å². The van der Waals surface area contributed by atoms with Crippen molar-refractivity contribution in [1.82, 2.24) is 39.7 Å². The van der Waals surface area contributed by atoms with Gasteiger partial charge in [0.15, 0.2) is 10.3 Å². The molecule has 2 fully saturated rings. The molecule has 8 rings (SSSR count). The number of para-hydroxylation sites is 2. The van der Waals surface area contributed by atoms with E-state index < -0.39 is 0 Å². The van der Waals surface area contributed by atoms with Gasteiger partial charge in [-0.05, 0) is 57.9 Å². The van der Waals surface area contributed by atoms with Crippen molar-refractivity contribution < 1.29 is 24.9 Å². The highest BCUT2D eigenvalue weighted by Crippen LogP contribution is 2.31. The predicted molar refractivity (Wildman–Crippen MR) is 277 cm³/mol. The molecule has 4 aromatic heterocycles. The minimum absolute atomic E-state index is 0.173. The van der Waals surface area contributed by atoms with Gasteiger partial charge in [0.2, 0.25) is 0 Å². The van der Waals surface area contributed by atoms with Crippen LogP contribution in [0, 0.1) is 27.7 Å². The van der Waals surface area contributed by atoms with Gasteiger partial charge >= 0.3 is 0 Å². The first-order chi connectivity index (χ1) is 33.3. The van der Waals surface area contributed by atoms with Crippen LogP contribution in [-0.2, 0) is 0 Å². The molecule has 23 heteroatoms. The highest BCUT2D eigenvalue weighted by Gasteiger charge is 2.22. The molecular formula is C46H58Cl2N14O5S2. The number of benzene rings is 2. The third-order valence-electron chi connectivity index (χ3n) is 10.7. The molecule has 0 spiro atoms. The van der Waals surface area contributed by atoms with Crippen LogP contribution in [0.15, 0.2) is 60.9 Å². The number of halogens is 2. The lowest BCUT2D eigenvalue weighted by Gasteiger charge is -2.35. The lowest BCUT2D eigenvalue weighted by atomic mass is 10.2. The topological polar surface area (TPSA) is 233 Å². The zero-order valence-electron chi connectivity index (χ0n) is 39.2. The molecule has 2 saturated heterocycles. The average Bonchev–Trinajstić information content (AvgIpc) is 4.00. The molecule has 69 heavy (non-hydrogen) atoms. The van der Waals surface area contributed by atoms with E-state index in [1.807, 2.05) is 64.1 Å². The predicted octanol–water partition coefficient (Wildman–Crippen LogP) is 6.63. The molecule has 0 bridgehead atoms. The quantitative estimate of drug-likeness (QED) is 0.0607. The van der Waals surface area contributed by atoms with Crippen LogP contribution >= 0.6 is 45.9 Å². The van der Waals surface area contributed by atoms with Crippen LogP contribution in [0.25, 0.3) is 0 Å². The Morgan fingerprint density at radius 3 is 1.33 bits per heavy atom. The number of aliphatic hydroxyl groups is 3. The summed E-state index contributed by atoms with van der Waals surface area (Å²) in [5, 5.41) is 40.1. The second kappa shape index (κ2) is 25.8. The Hall–Kier alpha value is -5.62. The summed E-state index contributed by atoms with van der Waals surface area (Å²) in [4.78, 5) is 62.0. The Morgan fingerprint density at radius 1 is 0.609 bits per heavy atom. The molecule has 2 aliphatic heterocycles. The number of hydrogen-bond acceptors (Lipinski definition) is 19. The number of thiazole rings is 2. The minimum Gasteiger partial charge on any atom is -0.397 e. The fraction of sp³-hybridized carbons (Fsp3) is 0.391. The van der Waals surface area contributed by atoms with Gasteiger partial charge in [-0.2, -0.15) is 0 Å². The number of β-amino-alcohol motifs (C(OH)–C–C–N with tert-alkyl or cyclic N) is 2. The van der Waals surface area contributed by atoms with Crippen LogP contribution in [0.2, 0.25) is 10.0 Å². The van der Waals surface area contributed by atoms with Crippen molar-refractivity contribution in [3.63, 3.8) is 0 Å². The van der Waals surface area contributed by atoms with Crippen molar-refractivity contribution >= 4 is 103 Å². The number of aliphatic hydroxyl groups excluding tert-OH is 3. The maximum absolute atomic E-state index is 12.7. The second-order valence-electron chi connectivity index (χ2n) is 15.8. The third kappa shape index (κ3) is 15.2. The number of aromatic nitrogens is 6. The van der Waals surface area contributed by atoms with Crippen molar-refractivity contribution in [3.05, 3.63) is 103 Å². The smallest absolute Gasteiger partial charge is 0.267 e. The van der Waals surface area contributed by atoms with Crippen LogP contribution < -0.4 is 31.1 Å². The first-order valence-electron chi connectivity index (χ1n) is 22.3. The molecular weight excluding hydrogens is 964 g/mol. The lowest BCUT2D eigenvalue weighted by molar-refractivity contribution is 0.102. The van der Waals surface area contributed by atoms with Crippen LogP contribution in [0.4, 0.5) is 44.9 Å². The molecule has 0 saturated carbocycles. The number of nitrogens with zero attached hydrogens (tertiary/aromatic N) is 10. The summed E-state index contributed by atoms with van der Waals surface area (Å²) < 4.78 is 0. The number of piperazine rings is 2. The highest BCUT2D eigenvalue weighted by molar-refractivity contribution is 7.18. The van der Waals surface area contributed by atoms with Crippen LogP contribution in [0.1, 0.15) is 49.0 Å². The summed E-state index contributed by atoms with van der Waals surface area (Å²) in [5.74, 6) is 3.70. The second-order valence-corrected chi connectivity index (χ2v) is 18.7. The van der Waals surface area contributed by atoms with Crippen molar-refractivity contribution in [3.8, 4) is 0 Å². The van der Waals surface area contributed by atoms with E-state index in [1.165, 1.54) is 35.1 Å². The molecule has 368 valence electrons. The monoisotopic (exact) mass is 1020 g/mol. The van der Waals surface area contributed by atoms with E-state index in [4.69, 9.17) is 38.5 Å². The van der Waals surface area contributed by atoms with Gasteiger partial charge in [0, 0.05) is 84.2 Å². The molecule has 2 aromatic carbocycles. The number of rotatable bonds is 14.